The van der Waals surface area contributed by atoms with E-state index < -0.39 is 0 Å². The van der Waals surface area contributed by atoms with E-state index in [4.69, 9.17) is 4.74 Å². The van der Waals surface area contributed by atoms with Gasteiger partial charge in [0.25, 0.3) is 5.91 Å². The zero-order valence-electron chi connectivity index (χ0n) is 16.6. The van der Waals surface area contributed by atoms with Gasteiger partial charge in [0, 0.05) is 36.8 Å². The molecule has 27 heavy (non-hydrogen) atoms. The van der Waals surface area contributed by atoms with Gasteiger partial charge in [0.05, 0.1) is 6.61 Å². The number of rotatable bonds is 6. The van der Waals surface area contributed by atoms with Gasteiger partial charge >= 0.3 is 6.09 Å². The summed E-state index contributed by atoms with van der Waals surface area (Å²) in [6.07, 6.45) is 3.88. The minimum Gasteiger partial charge on any atom is -0.450 e. The Bertz CT molecular complexity index is 677. The molecule has 1 aromatic rings. The monoisotopic (exact) mass is 373 g/mol. The number of nitrogens with one attached hydrogen (secondary N) is 2. The fourth-order valence-corrected chi connectivity index (χ4v) is 4.28. The van der Waals surface area contributed by atoms with Crippen LogP contribution in [0.15, 0.2) is 18.2 Å². The Morgan fingerprint density at radius 3 is 2.44 bits per heavy atom. The van der Waals surface area contributed by atoms with Crippen molar-refractivity contribution in [3.8, 4) is 0 Å². The van der Waals surface area contributed by atoms with Crippen LogP contribution in [0.25, 0.3) is 0 Å². The molecule has 3 rings (SSSR count). The second-order valence-electron chi connectivity index (χ2n) is 7.67. The molecular formula is C21H31N3O3. The van der Waals surface area contributed by atoms with Gasteiger partial charge in [0.2, 0.25) is 0 Å². The van der Waals surface area contributed by atoms with E-state index in [2.05, 4.69) is 10.6 Å². The predicted octanol–water partition coefficient (Wildman–Crippen LogP) is 2.77. The second-order valence-corrected chi connectivity index (χ2v) is 7.67. The lowest BCUT2D eigenvalue weighted by Crippen LogP contribution is -2.52. The maximum absolute atomic E-state index is 12.3. The molecule has 2 aliphatic rings. The summed E-state index contributed by atoms with van der Waals surface area (Å²) in [5, 5.41) is 6.53. The minimum atomic E-state index is -0.163. The molecule has 0 aliphatic carbocycles. The van der Waals surface area contributed by atoms with Crippen molar-refractivity contribution in [2.45, 2.75) is 64.6 Å². The smallest absolute Gasteiger partial charge is 0.410 e. The number of fused-ring (bicyclic) bond motifs is 2. The summed E-state index contributed by atoms with van der Waals surface area (Å²) in [5.41, 5.74) is 3.03. The SMILES string of the molecule is CCOC(=O)N1C2CCC1CC(NCCNC(=O)c1ccc(C)c(C)c1)C2. The number of benzene rings is 1. The first kappa shape index (κ1) is 19.7. The summed E-state index contributed by atoms with van der Waals surface area (Å²) in [5.74, 6) is -0.0305. The molecule has 2 atom stereocenters. The minimum absolute atomic E-state index is 0.0305. The van der Waals surface area contributed by atoms with Crippen LogP contribution in [0.5, 0.6) is 0 Å². The highest BCUT2D eigenvalue weighted by Crippen LogP contribution is 2.36. The lowest BCUT2D eigenvalue weighted by atomic mass is 9.98. The Hall–Kier alpha value is -2.08. The Morgan fingerprint density at radius 1 is 1.11 bits per heavy atom. The van der Waals surface area contributed by atoms with Gasteiger partial charge < -0.3 is 20.3 Å². The third-order valence-corrected chi connectivity index (χ3v) is 5.82. The maximum Gasteiger partial charge on any atom is 0.410 e. The fraction of sp³-hybridized carbons (Fsp3) is 0.619. The van der Waals surface area contributed by atoms with Gasteiger partial charge in [-0.25, -0.2) is 4.79 Å². The predicted molar refractivity (Wildman–Crippen MR) is 105 cm³/mol. The highest BCUT2D eigenvalue weighted by atomic mass is 16.6. The molecule has 0 radical (unpaired) electrons. The van der Waals surface area contributed by atoms with Gasteiger partial charge in [0.1, 0.15) is 0 Å². The number of aryl methyl sites for hydroxylation is 2. The van der Waals surface area contributed by atoms with Crippen LogP contribution in [0, 0.1) is 13.8 Å². The topological polar surface area (TPSA) is 70.7 Å². The lowest BCUT2D eigenvalue weighted by molar-refractivity contribution is 0.0659. The number of amides is 2. The summed E-state index contributed by atoms with van der Waals surface area (Å²) in [7, 11) is 0. The molecular weight excluding hydrogens is 342 g/mol. The van der Waals surface area contributed by atoms with Gasteiger partial charge in [-0.1, -0.05) is 6.07 Å². The van der Waals surface area contributed by atoms with E-state index in [1.165, 1.54) is 5.56 Å². The Balaban J connectivity index is 1.41. The summed E-state index contributed by atoms with van der Waals surface area (Å²) >= 11 is 0. The molecule has 6 nitrogen and oxygen atoms in total. The average molecular weight is 373 g/mol. The van der Waals surface area contributed by atoms with Crippen molar-refractivity contribution in [3.05, 3.63) is 34.9 Å². The highest BCUT2D eigenvalue weighted by Gasteiger charge is 2.43. The molecule has 2 saturated heterocycles. The van der Waals surface area contributed by atoms with Crippen LogP contribution < -0.4 is 10.6 Å². The van der Waals surface area contributed by atoms with E-state index in [1.54, 1.807) is 0 Å². The van der Waals surface area contributed by atoms with Crippen molar-refractivity contribution < 1.29 is 14.3 Å². The quantitative estimate of drug-likeness (QED) is 0.752. The second kappa shape index (κ2) is 8.74. The van der Waals surface area contributed by atoms with Crippen LogP contribution in [-0.2, 0) is 4.74 Å². The van der Waals surface area contributed by atoms with Crippen molar-refractivity contribution in [3.63, 3.8) is 0 Å². The molecule has 6 heteroatoms. The van der Waals surface area contributed by atoms with Crippen molar-refractivity contribution in [2.75, 3.05) is 19.7 Å². The third kappa shape index (κ3) is 4.61. The van der Waals surface area contributed by atoms with E-state index in [0.717, 1.165) is 37.8 Å². The summed E-state index contributed by atoms with van der Waals surface area (Å²) in [4.78, 5) is 26.3. The molecule has 2 N–H and O–H groups in total. The maximum atomic E-state index is 12.3. The molecule has 2 bridgehead atoms. The zero-order chi connectivity index (χ0) is 19.4. The molecule has 0 aromatic heterocycles. The molecule has 2 amide bonds. The average Bonchev–Trinajstić information content (AvgIpc) is 2.92. The Morgan fingerprint density at radius 2 is 1.81 bits per heavy atom. The van der Waals surface area contributed by atoms with Crippen molar-refractivity contribution in [2.24, 2.45) is 0 Å². The zero-order valence-corrected chi connectivity index (χ0v) is 16.6. The van der Waals surface area contributed by atoms with Crippen LogP contribution in [-0.4, -0.2) is 54.7 Å². The number of hydrogen-bond acceptors (Lipinski definition) is 4. The molecule has 0 spiro atoms. The molecule has 1 aromatic carbocycles. The lowest BCUT2D eigenvalue weighted by Gasteiger charge is -2.38. The molecule has 2 fully saturated rings. The fourth-order valence-electron chi connectivity index (χ4n) is 4.28. The molecule has 2 aliphatic heterocycles. The van der Waals surface area contributed by atoms with Crippen LogP contribution in [0.4, 0.5) is 4.79 Å². The summed E-state index contributed by atoms with van der Waals surface area (Å²) < 4.78 is 5.20. The first-order valence-electron chi connectivity index (χ1n) is 10.0. The third-order valence-electron chi connectivity index (χ3n) is 5.82. The first-order chi connectivity index (χ1) is 13.0. The van der Waals surface area contributed by atoms with Gasteiger partial charge in [0.15, 0.2) is 0 Å². The van der Waals surface area contributed by atoms with E-state index in [9.17, 15) is 9.59 Å². The molecule has 2 unspecified atom stereocenters. The van der Waals surface area contributed by atoms with Crippen LogP contribution in [0.3, 0.4) is 0 Å². The summed E-state index contributed by atoms with van der Waals surface area (Å²) in [6, 6.07) is 6.74. The van der Waals surface area contributed by atoms with E-state index >= 15 is 0 Å². The van der Waals surface area contributed by atoms with Gasteiger partial charge in [-0.05, 0) is 69.7 Å². The molecule has 0 saturated carbocycles. The number of ether oxygens (including phenoxy) is 1. The van der Waals surface area contributed by atoms with Gasteiger partial charge in [-0.3, -0.25) is 4.79 Å². The standard InChI is InChI=1S/C21H31N3O3/c1-4-27-21(26)24-18-7-8-19(24)13-17(12-18)22-9-10-23-20(25)16-6-5-14(2)15(3)11-16/h5-6,11,17-19,22H,4,7-10,12-13H2,1-3H3,(H,23,25). The highest BCUT2D eigenvalue weighted by molar-refractivity contribution is 5.94. The van der Waals surface area contributed by atoms with Crippen molar-refractivity contribution >= 4 is 12.0 Å². The van der Waals surface area contributed by atoms with E-state index in [-0.39, 0.29) is 24.1 Å². The largest absolute Gasteiger partial charge is 0.450 e. The normalized spacial score (nSPS) is 24.0. The Kier molecular flexibility index (Phi) is 6.37. The van der Waals surface area contributed by atoms with Crippen LogP contribution in [0.1, 0.15) is 54.1 Å². The molecule has 148 valence electrons. The molecule has 2 heterocycles. The van der Waals surface area contributed by atoms with Crippen molar-refractivity contribution in [1.29, 1.82) is 0 Å². The number of nitrogens with zero attached hydrogens (tertiary/aromatic N) is 1. The Labute approximate surface area is 161 Å². The number of piperidine rings is 1. The number of hydrogen-bond donors (Lipinski definition) is 2. The van der Waals surface area contributed by atoms with E-state index in [0.29, 0.717) is 24.8 Å². The van der Waals surface area contributed by atoms with E-state index in [1.807, 2.05) is 43.9 Å². The summed E-state index contributed by atoms with van der Waals surface area (Å²) in [6.45, 7) is 7.67. The first-order valence-corrected chi connectivity index (χ1v) is 10.0. The van der Waals surface area contributed by atoms with Gasteiger partial charge in [-0.2, -0.15) is 0 Å². The van der Waals surface area contributed by atoms with Crippen LogP contribution >= 0.6 is 0 Å². The number of carbonyl (C=O) groups excluding carboxylic acids is 2. The number of carbonyl (C=O) groups is 2. The van der Waals surface area contributed by atoms with Gasteiger partial charge in [-0.15, -0.1) is 0 Å². The van der Waals surface area contributed by atoms with Crippen molar-refractivity contribution in [1.82, 2.24) is 15.5 Å². The van der Waals surface area contributed by atoms with Crippen LogP contribution in [0.2, 0.25) is 0 Å².